The van der Waals surface area contributed by atoms with Crippen molar-refractivity contribution in [2.75, 3.05) is 5.32 Å². The smallest absolute Gasteiger partial charge is 0.262 e. The van der Waals surface area contributed by atoms with Crippen molar-refractivity contribution in [3.63, 3.8) is 0 Å². The maximum Gasteiger partial charge on any atom is 0.262 e. The summed E-state index contributed by atoms with van der Waals surface area (Å²) in [6.45, 7) is 0. The predicted molar refractivity (Wildman–Crippen MR) is 99.1 cm³/mol. The van der Waals surface area contributed by atoms with Crippen LogP contribution in [0.4, 0.5) is 23.4 Å². The van der Waals surface area contributed by atoms with Crippen LogP contribution in [0.2, 0.25) is 5.02 Å². The van der Waals surface area contributed by atoms with Crippen molar-refractivity contribution < 1.29 is 22.4 Å². The number of aromatic nitrogens is 2. The van der Waals surface area contributed by atoms with E-state index in [9.17, 15) is 22.4 Å². The molecule has 0 fully saturated rings. The number of nitrogens with one attached hydrogen (secondary N) is 1. The van der Waals surface area contributed by atoms with E-state index in [1.807, 2.05) is 0 Å². The van der Waals surface area contributed by atoms with Gasteiger partial charge in [0.25, 0.3) is 11.8 Å². The van der Waals surface area contributed by atoms with Crippen LogP contribution in [0.25, 0.3) is 11.3 Å². The summed E-state index contributed by atoms with van der Waals surface area (Å²) < 4.78 is 54.6. The van der Waals surface area contributed by atoms with Crippen molar-refractivity contribution >= 4 is 23.3 Å². The lowest BCUT2D eigenvalue weighted by atomic mass is 10.0. The maximum absolute atomic E-state index is 13.7. The molecule has 0 atom stereocenters. The van der Waals surface area contributed by atoms with E-state index in [0.29, 0.717) is 22.4 Å². The van der Waals surface area contributed by atoms with E-state index in [2.05, 4.69) is 15.3 Å². The van der Waals surface area contributed by atoms with Crippen LogP contribution >= 0.6 is 11.6 Å². The molecular formula is C20H12ClF4N3O. The second-order valence-corrected chi connectivity index (χ2v) is 7.06. The number of rotatable bonds is 3. The number of hydrogen-bond donors (Lipinski definition) is 1. The Morgan fingerprint density at radius 1 is 1.03 bits per heavy atom. The molecule has 4 rings (SSSR count). The second kappa shape index (κ2) is 7.11. The Morgan fingerprint density at radius 3 is 2.31 bits per heavy atom. The Bertz CT molecular complexity index is 1100. The molecule has 3 aromatic rings. The van der Waals surface area contributed by atoms with Crippen LogP contribution in [0.5, 0.6) is 0 Å². The van der Waals surface area contributed by atoms with Crippen molar-refractivity contribution in [3.05, 3.63) is 76.1 Å². The first-order valence-corrected chi connectivity index (χ1v) is 8.88. The molecule has 0 saturated heterocycles. The van der Waals surface area contributed by atoms with E-state index in [4.69, 9.17) is 11.6 Å². The van der Waals surface area contributed by atoms with E-state index in [0.717, 1.165) is 18.2 Å². The average Bonchev–Trinajstić information content (AvgIpc) is 2.94. The Labute approximate surface area is 167 Å². The van der Waals surface area contributed by atoms with Crippen LogP contribution in [-0.2, 0) is 12.8 Å². The van der Waals surface area contributed by atoms with Crippen LogP contribution in [0, 0.1) is 11.6 Å². The summed E-state index contributed by atoms with van der Waals surface area (Å²) in [6, 6.07) is 6.12. The van der Waals surface area contributed by atoms with Crippen molar-refractivity contribution in [2.24, 2.45) is 0 Å². The van der Waals surface area contributed by atoms with Gasteiger partial charge in [0.05, 0.1) is 23.1 Å². The number of hydrogen-bond acceptors (Lipinski definition) is 3. The predicted octanol–water partition coefficient (Wildman–Crippen LogP) is 5.06. The first-order chi connectivity index (χ1) is 13.7. The Morgan fingerprint density at radius 2 is 1.69 bits per heavy atom. The molecule has 2 aromatic carbocycles. The van der Waals surface area contributed by atoms with Gasteiger partial charge in [0.2, 0.25) is 0 Å². The molecule has 1 aliphatic rings. The average molecular weight is 422 g/mol. The Kier molecular flexibility index (Phi) is 4.74. The number of halogens is 5. The lowest BCUT2D eigenvalue weighted by Gasteiger charge is -2.09. The SMILES string of the molecule is O=C(Nc1cnc(-c2cc3c(cc2Cl)CC(F)(F)C3)cn1)c1c(F)cccc1F. The van der Waals surface area contributed by atoms with Gasteiger partial charge in [0.15, 0.2) is 5.82 Å². The quantitative estimate of drug-likeness (QED) is 0.601. The summed E-state index contributed by atoms with van der Waals surface area (Å²) in [5.74, 6) is -5.86. The standard InChI is InChI=1S/C20H12ClF4N3O/c21-13-5-11-7-20(24,25)6-10(11)4-12(13)16-8-27-17(9-26-16)28-19(29)18-14(22)2-1-3-15(18)23/h1-5,8-9H,6-7H2,(H,27,28,29). The van der Waals surface area contributed by atoms with Crippen LogP contribution in [0.3, 0.4) is 0 Å². The van der Waals surface area contributed by atoms with Gasteiger partial charge in [0, 0.05) is 18.4 Å². The monoisotopic (exact) mass is 421 g/mol. The third kappa shape index (κ3) is 3.80. The summed E-state index contributed by atoms with van der Waals surface area (Å²) >= 11 is 6.21. The van der Waals surface area contributed by atoms with Crippen molar-refractivity contribution in [2.45, 2.75) is 18.8 Å². The Balaban J connectivity index is 1.57. The highest BCUT2D eigenvalue weighted by atomic mass is 35.5. The zero-order valence-corrected chi connectivity index (χ0v) is 15.4. The van der Waals surface area contributed by atoms with E-state index in [1.54, 1.807) is 6.07 Å². The van der Waals surface area contributed by atoms with Crippen molar-refractivity contribution in [1.29, 1.82) is 0 Å². The van der Waals surface area contributed by atoms with Crippen molar-refractivity contribution in [1.82, 2.24) is 9.97 Å². The zero-order chi connectivity index (χ0) is 20.8. The van der Waals surface area contributed by atoms with Gasteiger partial charge >= 0.3 is 0 Å². The number of alkyl halides is 2. The van der Waals surface area contributed by atoms with E-state index < -0.39 is 29.0 Å². The van der Waals surface area contributed by atoms with Gasteiger partial charge in [-0.1, -0.05) is 17.7 Å². The first-order valence-electron chi connectivity index (χ1n) is 8.50. The van der Waals surface area contributed by atoms with Crippen LogP contribution in [-0.4, -0.2) is 21.8 Å². The van der Waals surface area contributed by atoms with Crippen LogP contribution in [0.1, 0.15) is 21.5 Å². The molecule has 1 aromatic heterocycles. The number of fused-ring (bicyclic) bond motifs is 1. The molecule has 29 heavy (non-hydrogen) atoms. The summed E-state index contributed by atoms with van der Waals surface area (Å²) in [6.07, 6.45) is 1.74. The number of anilines is 1. The number of amides is 1. The van der Waals surface area contributed by atoms with E-state index in [-0.39, 0.29) is 23.7 Å². The molecule has 1 heterocycles. The second-order valence-electron chi connectivity index (χ2n) is 6.65. The molecule has 0 aliphatic heterocycles. The van der Waals surface area contributed by atoms with Crippen molar-refractivity contribution in [3.8, 4) is 11.3 Å². The van der Waals surface area contributed by atoms with Gasteiger partial charge in [-0.05, 0) is 35.4 Å². The molecule has 0 bridgehead atoms. The molecular weight excluding hydrogens is 410 g/mol. The minimum atomic E-state index is -2.80. The third-order valence-corrected chi connectivity index (χ3v) is 4.86. The molecule has 1 amide bonds. The fraction of sp³-hybridized carbons (Fsp3) is 0.150. The number of nitrogens with zero attached hydrogens (tertiary/aromatic N) is 2. The highest BCUT2D eigenvalue weighted by Crippen LogP contribution is 2.39. The fourth-order valence-corrected chi connectivity index (χ4v) is 3.51. The molecule has 148 valence electrons. The minimum Gasteiger partial charge on any atom is -0.305 e. The Hall–Kier alpha value is -3.00. The number of carbonyl (C=O) groups is 1. The molecule has 9 heteroatoms. The summed E-state index contributed by atoms with van der Waals surface area (Å²) in [4.78, 5) is 20.2. The highest BCUT2D eigenvalue weighted by Gasteiger charge is 2.37. The molecule has 0 radical (unpaired) electrons. The third-order valence-electron chi connectivity index (χ3n) is 4.55. The minimum absolute atomic E-state index is 0.0368. The van der Waals surface area contributed by atoms with Gasteiger partial charge in [-0.3, -0.25) is 9.78 Å². The number of benzene rings is 2. The summed E-state index contributed by atoms with van der Waals surface area (Å²) in [5.41, 5.74) is 0.980. The van der Waals surface area contributed by atoms with E-state index in [1.165, 1.54) is 18.5 Å². The molecule has 0 spiro atoms. The zero-order valence-electron chi connectivity index (χ0n) is 14.6. The molecule has 0 unspecified atom stereocenters. The normalized spacial score (nSPS) is 14.5. The summed E-state index contributed by atoms with van der Waals surface area (Å²) in [5, 5.41) is 2.51. The molecule has 1 N–H and O–H groups in total. The molecule has 4 nitrogen and oxygen atoms in total. The van der Waals surface area contributed by atoms with Crippen LogP contribution in [0.15, 0.2) is 42.7 Å². The summed E-state index contributed by atoms with van der Waals surface area (Å²) in [7, 11) is 0. The number of carbonyl (C=O) groups excluding carboxylic acids is 1. The maximum atomic E-state index is 13.7. The highest BCUT2D eigenvalue weighted by molar-refractivity contribution is 6.33. The van der Waals surface area contributed by atoms with Gasteiger partial charge in [-0.25, -0.2) is 22.5 Å². The van der Waals surface area contributed by atoms with Crippen LogP contribution < -0.4 is 5.32 Å². The van der Waals surface area contributed by atoms with Gasteiger partial charge < -0.3 is 5.32 Å². The van der Waals surface area contributed by atoms with Gasteiger partial charge in [-0.2, -0.15) is 0 Å². The van der Waals surface area contributed by atoms with Gasteiger partial charge in [0.1, 0.15) is 17.2 Å². The lowest BCUT2D eigenvalue weighted by Crippen LogP contribution is -2.16. The molecule has 0 saturated carbocycles. The fourth-order valence-electron chi connectivity index (χ4n) is 3.23. The topological polar surface area (TPSA) is 54.9 Å². The molecule has 1 aliphatic carbocycles. The van der Waals surface area contributed by atoms with Gasteiger partial charge in [-0.15, -0.1) is 0 Å². The largest absolute Gasteiger partial charge is 0.305 e. The lowest BCUT2D eigenvalue weighted by molar-refractivity contribution is 0.0130. The first kappa shape index (κ1) is 19.3. The van der Waals surface area contributed by atoms with E-state index >= 15 is 0 Å².